The number of hydrogen-bond donors (Lipinski definition) is 0. The highest BCUT2D eigenvalue weighted by atomic mass is 15.0. The molecular weight excluding hydrogens is 657 g/mol. The Morgan fingerprint density at radius 1 is 0.556 bits per heavy atom. The van der Waals surface area contributed by atoms with Crippen LogP contribution in [0.3, 0.4) is 0 Å². The lowest BCUT2D eigenvalue weighted by Crippen LogP contribution is -2.09. The molecule has 0 fully saturated rings. The van der Waals surface area contributed by atoms with Crippen molar-refractivity contribution in [1.82, 2.24) is 13.7 Å². The van der Waals surface area contributed by atoms with Crippen LogP contribution in [0.4, 0.5) is 0 Å². The number of rotatable bonds is 4. The molecule has 3 heterocycles. The van der Waals surface area contributed by atoms with E-state index in [-0.39, 0.29) is 5.92 Å². The average Bonchev–Trinajstić information content (AvgIpc) is 3.81. The molecule has 54 heavy (non-hydrogen) atoms. The Labute approximate surface area is 312 Å². The number of nitrogens with zero attached hydrogens (tertiary/aromatic N) is 4. The first-order valence-corrected chi connectivity index (χ1v) is 18.5. The van der Waals surface area contributed by atoms with Crippen LogP contribution in [-0.2, 0) is 6.42 Å². The summed E-state index contributed by atoms with van der Waals surface area (Å²) < 4.78 is 7.09. The van der Waals surface area contributed by atoms with E-state index in [2.05, 4.69) is 195 Å². The van der Waals surface area contributed by atoms with Crippen molar-refractivity contribution in [1.29, 1.82) is 5.26 Å². The van der Waals surface area contributed by atoms with Gasteiger partial charge >= 0.3 is 0 Å². The van der Waals surface area contributed by atoms with Gasteiger partial charge in [0.25, 0.3) is 0 Å². The second kappa shape index (κ2) is 11.9. The number of hydrogen-bond acceptors (Lipinski definition) is 1. The summed E-state index contributed by atoms with van der Waals surface area (Å²) >= 11 is 0. The van der Waals surface area contributed by atoms with E-state index >= 15 is 0 Å². The standard InChI is InChI=1S/C50H32N4/c51-32-33-29-34(31-36(30-33)53-43-23-10-5-18-38(43)39-19-6-11-24-44(39)53)37-17-4-9-22-42(37)54-46-26-13-8-21-41(46)50-48(54)28-14-27-47-49(50)40-20-7-12-25-45(40)52(47)35-15-2-1-3-16-35/h1-13,15-26,30-31,33H,27,29H2. The summed E-state index contributed by atoms with van der Waals surface area (Å²) in [7, 11) is 0. The van der Waals surface area contributed by atoms with Crippen LogP contribution in [0.15, 0.2) is 164 Å². The molecule has 3 aromatic heterocycles. The molecule has 2 aliphatic carbocycles. The fourth-order valence-corrected chi connectivity index (χ4v) is 9.02. The van der Waals surface area contributed by atoms with Crippen LogP contribution in [0.25, 0.3) is 77.4 Å². The number of allylic oxidation sites excluding steroid dienone is 4. The third-order valence-electron chi connectivity index (χ3n) is 11.2. The number of para-hydroxylation sites is 6. The lowest BCUT2D eigenvalue weighted by atomic mass is 9.88. The van der Waals surface area contributed by atoms with Crippen molar-refractivity contribution in [3.05, 3.63) is 181 Å². The van der Waals surface area contributed by atoms with Crippen LogP contribution in [0.2, 0.25) is 0 Å². The molecule has 6 aromatic carbocycles. The Kier molecular flexibility index (Phi) is 6.68. The molecule has 0 saturated heterocycles. The van der Waals surface area contributed by atoms with Crippen molar-refractivity contribution in [3.8, 4) is 40.4 Å². The van der Waals surface area contributed by atoms with Gasteiger partial charge in [-0.3, -0.25) is 0 Å². The molecule has 1 atom stereocenters. The van der Waals surface area contributed by atoms with Gasteiger partial charge in [0.2, 0.25) is 0 Å². The van der Waals surface area contributed by atoms with E-state index in [1.165, 1.54) is 43.9 Å². The Hall–Kier alpha value is -7.27. The topological polar surface area (TPSA) is 38.6 Å². The Morgan fingerprint density at radius 2 is 1.11 bits per heavy atom. The molecule has 0 aliphatic heterocycles. The monoisotopic (exact) mass is 688 g/mol. The zero-order valence-electron chi connectivity index (χ0n) is 29.4. The summed E-state index contributed by atoms with van der Waals surface area (Å²) in [6.45, 7) is 0. The number of nitriles is 1. The van der Waals surface area contributed by atoms with Crippen molar-refractivity contribution in [3.63, 3.8) is 0 Å². The summed E-state index contributed by atoms with van der Waals surface area (Å²) in [4.78, 5) is 0. The van der Waals surface area contributed by atoms with Crippen LogP contribution in [-0.4, -0.2) is 13.7 Å². The average molecular weight is 689 g/mol. The fraction of sp³-hybridized carbons (Fsp3) is 0.0600. The SMILES string of the molecule is N#CC1C=C(n2c3ccccc3c3ccccc32)C=C(c2ccccc2-n2c3c(c4ccccc42)-c2c(n(-c4ccccc4)c4ccccc24)CC#C3)C1. The molecule has 0 N–H and O–H groups in total. The normalized spacial score (nSPS) is 14.9. The highest BCUT2D eigenvalue weighted by Gasteiger charge is 2.29. The highest BCUT2D eigenvalue weighted by Crippen LogP contribution is 2.46. The van der Waals surface area contributed by atoms with Crippen molar-refractivity contribution < 1.29 is 0 Å². The molecule has 11 rings (SSSR count). The third kappa shape index (κ3) is 4.38. The first-order valence-electron chi connectivity index (χ1n) is 18.5. The van der Waals surface area contributed by atoms with Crippen molar-refractivity contribution in [2.75, 3.05) is 0 Å². The summed E-state index contributed by atoms with van der Waals surface area (Å²) in [5.41, 5.74) is 14.6. The van der Waals surface area contributed by atoms with E-state index in [4.69, 9.17) is 0 Å². The van der Waals surface area contributed by atoms with Gasteiger partial charge in [-0.15, -0.1) is 0 Å². The van der Waals surface area contributed by atoms with Gasteiger partial charge in [0.15, 0.2) is 0 Å². The quantitative estimate of drug-likeness (QED) is 0.170. The van der Waals surface area contributed by atoms with Gasteiger partial charge in [-0.05, 0) is 72.5 Å². The van der Waals surface area contributed by atoms with Gasteiger partial charge in [-0.25, -0.2) is 0 Å². The predicted molar refractivity (Wildman–Crippen MR) is 222 cm³/mol. The van der Waals surface area contributed by atoms with Gasteiger partial charge in [-0.1, -0.05) is 115 Å². The van der Waals surface area contributed by atoms with Gasteiger partial charge in [0.1, 0.15) is 5.69 Å². The lowest BCUT2D eigenvalue weighted by molar-refractivity contribution is 0.846. The molecular formula is C50H32N4. The molecule has 9 aromatic rings. The molecule has 252 valence electrons. The first-order chi connectivity index (χ1) is 26.8. The maximum absolute atomic E-state index is 10.5. The fourth-order valence-electron chi connectivity index (χ4n) is 9.02. The molecule has 0 amide bonds. The van der Waals surface area contributed by atoms with Gasteiger partial charge in [0.05, 0.1) is 46.2 Å². The summed E-state index contributed by atoms with van der Waals surface area (Å²) in [6, 6.07) is 56.5. The molecule has 1 unspecified atom stereocenters. The summed E-state index contributed by atoms with van der Waals surface area (Å²) in [5.74, 6) is 7.03. The number of benzene rings is 6. The Balaban J connectivity index is 1.16. The number of fused-ring (bicyclic) bond motifs is 10. The molecule has 2 aliphatic rings. The first kappa shape index (κ1) is 30.4. The van der Waals surface area contributed by atoms with E-state index < -0.39 is 0 Å². The molecule has 4 heteroatoms. The van der Waals surface area contributed by atoms with Crippen molar-refractivity contribution in [2.24, 2.45) is 5.92 Å². The second-order valence-corrected chi connectivity index (χ2v) is 14.2. The van der Waals surface area contributed by atoms with E-state index in [9.17, 15) is 5.26 Å². The zero-order valence-corrected chi connectivity index (χ0v) is 29.4. The lowest BCUT2D eigenvalue weighted by Gasteiger charge is -2.22. The van der Waals surface area contributed by atoms with E-state index in [1.54, 1.807) is 0 Å². The second-order valence-electron chi connectivity index (χ2n) is 14.2. The highest BCUT2D eigenvalue weighted by molar-refractivity contribution is 6.12. The largest absolute Gasteiger partial charge is 0.312 e. The third-order valence-corrected chi connectivity index (χ3v) is 11.2. The Bertz CT molecular complexity index is 3130. The van der Waals surface area contributed by atoms with E-state index in [0.29, 0.717) is 12.8 Å². The molecule has 4 nitrogen and oxygen atoms in total. The minimum Gasteiger partial charge on any atom is -0.312 e. The summed E-state index contributed by atoms with van der Waals surface area (Å²) in [6.07, 6.45) is 5.69. The minimum absolute atomic E-state index is 0.280. The smallest absolute Gasteiger partial charge is 0.106 e. The predicted octanol–water partition coefficient (Wildman–Crippen LogP) is 11.7. The van der Waals surface area contributed by atoms with Crippen LogP contribution >= 0.6 is 0 Å². The number of aromatic nitrogens is 3. The van der Waals surface area contributed by atoms with Crippen molar-refractivity contribution >= 4 is 54.9 Å². The maximum atomic E-state index is 10.5. The Morgan fingerprint density at radius 3 is 1.80 bits per heavy atom. The molecule has 0 spiro atoms. The minimum atomic E-state index is -0.280. The molecule has 0 saturated carbocycles. The van der Waals surface area contributed by atoms with Gasteiger partial charge in [-0.2, -0.15) is 5.26 Å². The van der Waals surface area contributed by atoms with Crippen molar-refractivity contribution in [2.45, 2.75) is 12.8 Å². The maximum Gasteiger partial charge on any atom is 0.106 e. The van der Waals surface area contributed by atoms with E-state index in [0.717, 1.165) is 50.5 Å². The van der Waals surface area contributed by atoms with Crippen LogP contribution < -0.4 is 0 Å². The summed E-state index contributed by atoms with van der Waals surface area (Å²) in [5, 5.41) is 15.3. The molecule has 0 radical (unpaired) electrons. The van der Waals surface area contributed by atoms with E-state index in [1.807, 2.05) is 0 Å². The van der Waals surface area contributed by atoms with Crippen LogP contribution in [0.5, 0.6) is 0 Å². The zero-order chi connectivity index (χ0) is 35.8. The van der Waals surface area contributed by atoms with Gasteiger partial charge in [0, 0.05) is 55.3 Å². The van der Waals surface area contributed by atoms with Crippen LogP contribution in [0, 0.1) is 29.1 Å². The molecule has 0 bridgehead atoms. The van der Waals surface area contributed by atoms with Crippen LogP contribution in [0.1, 0.15) is 23.4 Å². The van der Waals surface area contributed by atoms with Gasteiger partial charge < -0.3 is 13.7 Å².